The summed E-state index contributed by atoms with van der Waals surface area (Å²) in [4.78, 5) is 4.80. The maximum absolute atomic E-state index is 5.70. The second-order valence-electron chi connectivity index (χ2n) is 5.40. The Morgan fingerprint density at radius 3 is 2.67 bits per heavy atom. The van der Waals surface area contributed by atoms with Gasteiger partial charge in [0.1, 0.15) is 5.82 Å². The molecule has 3 heteroatoms. The summed E-state index contributed by atoms with van der Waals surface area (Å²) in [6.07, 6.45) is 0.860. The Bertz CT molecular complexity index is 771. The summed E-state index contributed by atoms with van der Waals surface area (Å²) in [5, 5.41) is 0. The van der Waals surface area contributed by atoms with Crippen LogP contribution in [0.3, 0.4) is 0 Å². The molecule has 3 aromatic rings. The van der Waals surface area contributed by atoms with Crippen LogP contribution in [0.15, 0.2) is 42.5 Å². The van der Waals surface area contributed by atoms with Crippen molar-refractivity contribution in [3.8, 4) is 0 Å². The Balaban J connectivity index is 2.01. The standard InChI is InChI=1S/C18H21N3/c1-3-21-17-7-5-4-6-16(17)20-18(21)11-15-9-8-14(12-19)10-13(15)2/h4-10H,3,11-12,19H2,1-2H3. The zero-order valence-corrected chi connectivity index (χ0v) is 12.6. The van der Waals surface area contributed by atoms with Crippen LogP contribution in [0, 0.1) is 6.92 Å². The molecule has 2 N–H and O–H groups in total. The number of benzene rings is 2. The maximum atomic E-state index is 5.70. The first-order valence-electron chi connectivity index (χ1n) is 7.45. The van der Waals surface area contributed by atoms with E-state index in [1.807, 2.05) is 6.07 Å². The summed E-state index contributed by atoms with van der Waals surface area (Å²) < 4.78 is 2.30. The minimum Gasteiger partial charge on any atom is -0.328 e. The molecule has 3 nitrogen and oxygen atoms in total. The van der Waals surface area contributed by atoms with E-state index in [0.717, 1.165) is 24.3 Å². The monoisotopic (exact) mass is 279 g/mol. The molecule has 0 saturated heterocycles. The third kappa shape index (κ3) is 2.57. The molecule has 0 aliphatic carbocycles. The lowest BCUT2D eigenvalue weighted by atomic mass is 10.0. The fraction of sp³-hybridized carbons (Fsp3) is 0.278. The van der Waals surface area contributed by atoms with Crippen molar-refractivity contribution >= 4 is 11.0 Å². The zero-order valence-electron chi connectivity index (χ0n) is 12.6. The van der Waals surface area contributed by atoms with Crippen molar-refractivity contribution in [1.82, 2.24) is 9.55 Å². The number of imidazole rings is 1. The van der Waals surface area contributed by atoms with Gasteiger partial charge in [-0.3, -0.25) is 0 Å². The van der Waals surface area contributed by atoms with Crippen molar-refractivity contribution in [2.75, 3.05) is 0 Å². The molecule has 0 fully saturated rings. The molecule has 2 aromatic carbocycles. The van der Waals surface area contributed by atoms with Crippen LogP contribution in [0.1, 0.15) is 29.4 Å². The molecule has 1 aromatic heterocycles. The van der Waals surface area contributed by atoms with E-state index in [1.165, 1.54) is 22.2 Å². The SMILES string of the molecule is CCn1c(Cc2ccc(CN)cc2C)nc2ccccc21. The van der Waals surface area contributed by atoms with Crippen molar-refractivity contribution in [2.24, 2.45) is 5.73 Å². The predicted octanol–water partition coefficient (Wildman–Crippen LogP) is 3.41. The number of rotatable bonds is 4. The molecule has 0 radical (unpaired) electrons. The Morgan fingerprint density at radius 1 is 1.14 bits per heavy atom. The average molecular weight is 279 g/mol. The number of hydrogen-bond acceptors (Lipinski definition) is 2. The smallest absolute Gasteiger partial charge is 0.114 e. The molecule has 0 spiro atoms. The van der Waals surface area contributed by atoms with E-state index in [1.54, 1.807) is 0 Å². The molecule has 3 rings (SSSR count). The van der Waals surface area contributed by atoms with Gasteiger partial charge in [0.2, 0.25) is 0 Å². The van der Waals surface area contributed by atoms with E-state index >= 15 is 0 Å². The highest BCUT2D eigenvalue weighted by Gasteiger charge is 2.10. The summed E-state index contributed by atoms with van der Waals surface area (Å²) in [7, 11) is 0. The van der Waals surface area contributed by atoms with Crippen LogP contribution in [0.25, 0.3) is 11.0 Å². The van der Waals surface area contributed by atoms with Gasteiger partial charge in [-0.2, -0.15) is 0 Å². The molecule has 1 heterocycles. The number of aromatic nitrogens is 2. The molecular weight excluding hydrogens is 258 g/mol. The van der Waals surface area contributed by atoms with Gasteiger partial charge in [0.15, 0.2) is 0 Å². The molecular formula is C18H21N3. The van der Waals surface area contributed by atoms with Crippen LogP contribution < -0.4 is 5.73 Å². The minimum atomic E-state index is 0.592. The van der Waals surface area contributed by atoms with Crippen molar-refractivity contribution in [3.63, 3.8) is 0 Å². The number of para-hydroxylation sites is 2. The van der Waals surface area contributed by atoms with Crippen molar-refractivity contribution < 1.29 is 0 Å². The highest BCUT2D eigenvalue weighted by Crippen LogP contribution is 2.20. The Kier molecular flexibility index (Phi) is 3.76. The van der Waals surface area contributed by atoms with E-state index in [4.69, 9.17) is 10.7 Å². The molecule has 0 unspecified atom stereocenters. The molecule has 0 aliphatic rings. The van der Waals surface area contributed by atoms with Gasteiger partial charge in [-0.1, -0.05) is 30.3 Å². The molecule has 0 atom stereocenters. The number of nitrogens with zero attached hydrogens (tertiary/aromatic N) is 2. The van der Waals surface area contributed by atoms with Crippen molar-refractivity contribution in [3.05, 3.63) is 65.0 Å². The van der Waals surface area contributed by atoms with Gasteiger partial charge in [-0.15, -0.1) is 0 Å². The average Bonchev–Trinajstić information content (AvgIpc) is 2.86. The normalized spacial score (nSPS) is 11.2. The highest BCUT2D eigenvalue weighted by atomic mass is 15.1. The second kappa shape index (κ2) is 5.70. The fourth-order valence-corrected chi connectivity index (χ4v) is 2.87. The van der Waals surface area contributed by atoms with E-state index in [2.05, 4.69) is 54.8 Å². The molecule has 108 valence electrons. The number of hydrogen-bond donors (Lipinski definition) is 1. The molecule has 0 aliphatic heterocycles. The summed E-state index contributed by atoms with van der Waals surface area (Å²) >= 11 is 0. The lowest BCUT2D eigenvalue weighted by Crippen LogP contribution is -2.04. The number of aryl methyl sites for hydroxylation is 2. The van der Waals surface area contributed by atoms with Gasteiger partial charge < -0.3 is 10.3 Å². The first-order valence-corrected chi connectivity index (χ1v) is 7.45. The topological polar surface area (TPSA) is 43.8 Å². The third-order valence-corrected chi connectivity index (χ3v) is 4.04. The van der Waals surface area contributed by atoms with Crippen LogP contribution in [0.2, 0.25) is 0 Å². The van der Waals surface area contributed by atoms with E-state index in [9.17, 15) is 0 Å². The van der Waals surface area contributed by atoms with E-state index < -0.39 is 0 Å². The largest absolute Gasteiger partial charge is 0.328 e. The highest BCUT2D eigenvalue weighted by molar-refractivity contribution is 5.76. The second-order valence-corrected chi connectivity index (χ2v) is 5.40. The van der Waals surface area contributed by atoms with Gasteiger partial charge in [0.05, 0.1) is 11.0 Å². The van der Waals surface area contributed by atoms with Gasteiger partial charge in [-0.25, -0.2) is 4.98 Å². The number of fused-ring (bicyclic) bond motifs is 1. The predicted molar refractivity (Wildman–Crippen MR) is 87.3 cm³/mol. The number of nitrogens with two attached hydrogens (primary N) is 1. The summed E-state index contributed by atoms with van der Waals surface area (Å²) in [6.45, 7) is 5.85. The Labute approximate surface area is 125 Å². The van der Waals surface area contributed by atoms with Crippen LogP contribution in [0.5, 0.6) is 0 Å². The fourth-order valence-electron chi connectivity index (χ4n) is 2.87. The molecule has 0 amide bonds. The van der Waals surface area contributed by atoms with Gasteiger partial charge in [-0.05, 0) is 42.7 Å². The lowest BCUT2D eigenvalue weighted by molar-refractivity contribution is 0.732. The first kappa shape index (κ1) is 13.8. The van der Waals surface area contributed by atoms with Crippen molar-refractivity contribution in [2.45, 2.75) is 33.4 Å². The van der Waals surface area contributed by atoms with Gasteiger partial charge in [0, 0.05) is 19.5 Å². The van der Waals surface area contributed by atoms with E-state index in [0.29, 0.717) is 6.54 Å². The van der Waals surface area contributed by atoms with Gasteiger partial charge in [0.25, 0.3) is 0 Å². The lowest BCUT2D eigenvalue weighted by Gasteiger charge is -2.09. The Hall–Kier alpha value is -2.13. The third-order valence-electron chi connectivity index (χ3n) is 4.04. The van der Waals surface area contributed by atoms with Crippen LogP contribution in [-0.4, -0.2) is 9.55 Å². The summed E-state index contributed by atoms with van der Waals surface area (Å²) in [6, 6.07) is 14.8. The quantitative estimate of drug-likeness (QED) is 0.795. The van der Waals surface area contributed by atoms with Crippen LogP contribution in [0.4, 0.5) is 0 Å². The Morgan fingerprint density at radius 2 is 1.95 bits per heavy atom. The zero-order chi connectivity index (χ0) is 14.8. The van der Waals surface area contributed by atoms with Crippen LogP contribution >= 0.6 is 0 Å². The van der Waals surface area contributed by atoms with E-state index in [-0.39, 0.29) is 0 Å². The summed E-state index contributed by atoms with van der Waals surface area (Å²) in [5.41, 5.74) is 11.8. The molecule has 0 saturated carbocycles. The molecule has 0 bridgehead atoms. The van der Waals surface area contributed by atoms with Gasteiger partial charge >= 0.3 is 0 Å². The van der Waals surface area contributed by atoms with Crippen molar-refractivity contribution in [1.29, 1.82) is 0 Å². The summed E-state index contributed by atoms with van der Waals surface area (Å²) in [5.74, 6) is 1.13. The maximum Gasteiger partial charge on any atom is 0.114 e. The van der Waals surface area contributed by atoms with Crippen LogP contribution in [-0.2, 0) is 19.5 Å². The molecule has 21 heavy (non-hydrogen) atoms. The minimum absolute atomic E-state index is 0.592. The first-order chi connectivity index (χ1) is 10.2.